The number of nitrogens with one attached hydrogen (secondary N) is 1. The van der Waals surface area contributed by atoms with Crippen LogP contribution in [-0.2, 0) is 13.2 Å². The number of hydrazone groups is 1. The lowest BCUT2D eigenvalue weighted by Crippen LogP contribution is -2.16. The van der Waals surface area contributed by atoms with Crippen molar-refractivity contribution in [3.05, 3.63) is 134 Å². The zero-order chi connectivity index (χ0) is 29.6. The first-order chi connectivity index (χ1) is 20.3. The molecule has 5 rings (SSSR count). The summed E-state index contributed by atoms with van der Waals surface area (Å²) in [6.45, 7) is 6.75. The SMILES string of the molecule is Cc1cccc(COc2c(Cl)cc(/C=N/NC(=O)c3ccc(COc4ccc(-n5c(C)ccc5C)cc4)o3)cc2Br)c1. The number of hydrogen-bond acceptors (Lipinski definition) is 5. The summed E-state index contributed by atoms with van der Waals surface area (Å²) in [4.78, 5) is 12.5. The molecular formula is C33H29BrClN3O4. The molecule has 0 saturated carbocycles. The Labute approximate surface area is 257 Å². The first kappa shape index (κ1) is 29.2. The number of nitrogens with zero attached hydrogens (tertiary/aromatic N) is 2. The zero-order valence-corrected chi connectivity index (χ0v) is 25.7. The van der Waals surface area contributed by atoms with E-state index in [0.29, 0.717) is 38.9 Å². The summed E-state index contributed by atoms with van der Waals surface area (Å²) in [6.07, 6.45) is 1.49. The van der Waals surface area contributed by atoms with Crippen LogP contribution in [0.15, 0.2) is 98.9 Å². The van der Waals surface area contributed by atoms with Gasteiger partial charge in [0.15, 0.2) is 11.5 Å². The van der Waals surface area contributed by atoms with Crippen molar-refractivity contribution < 1.29 is 18.7 Å². The Hall–Kier alpha value is -4.27. The number of benzene rings is 3. The molecule has 1 amide bonds. The second kappa shape index (κ2) is 13.1. The lowest BCUT2D eigenvalue weighted by molar-refractivity contribution is 0.0923. The van der Waals surface area contributed by atoms with Crippen LogP contribution in [0.1, 0.15) is 44.4 Å². The van der Waals surface area contributed by atoms with Crippen LogP contribution in [0.4, 0.5) is 0 Å². The van der Waals surface area contributed by atoms with Gasteiger partial charge in [-0.2, -0.15) is 5.10 Å². The van der Waals surface area contributed by atoms with Gasteiger partial charge >= 0.3 is 5.91 Å². The van der Waals surface area contributed by atoms with Crippen molar-refractivity contribution in [2.24, 2.45) is 5.10 Å². The van der Waals surface area contributed by atoms with Crippen LogP contribution in [-0.4, -0.2) is 16.7 Å². The van der Waals surface area contributed by atoms with Gasteiger partial charge in [-0.1, -0.05) is 41.4 Å². The molecule has 0 unspecified atom stereocenters. The van der Waals surface area contributed by atoms with E-state index in [4.69, 9.17) is 25.5 Å². The fourth-order valence-corrected chi connectivity index (χ4v) is 5.46. The number of hydrogen-bond donors (Lipinski definition) is 1. The third-order valence-corrected chi connectivity index (χ3v) is 7.37. The number of ether oxygens (including phenoxy) is 2. The first-order valence-corrected chi connectivity index (χ1v) is 14.4. The molecule has 0 atom stereocenters. The summed E-state index contributed by atoms with van der Waals surface area (Å²) in [7, 11) is 0. The van der Waals surface area contributed by atoms with E-state index in [1.807, 2.05) is 55.5 Å². The molecule has 0 spiro atoms. The quantitative estimate of drug-likeness (QED) is 0.122. The Balaban J connectivity index is 1.13. The normalized spacial score (nSPS) is 11.2. The number of rotatable bonds is 10. The molecule has 214 valence electrons. The molecule has 0 aliphatic carbocycles. The lowest BCUT2D eigenvalue weighted by atomic mass is 10.1. The minimum Gasteiger partial charge on any atom is -0.486 e. The molecule has 1 N–H and O–H groups in total. The number of carbonyl (C=O) groups excluding carboxylic acids is 1. The maximum absolute atomic E-state index is 12.5. The minimum atomic E-state index is -0.484. The predicted octanol–water partition coefficient (Wildman–Crippen LogP) is 8.33. The highest BCUT2D eigenvalue weighted by atomic mass is 79.9. The van der Waals surface area contributed by atoms with Crippen molar-refractivity contribution in [2.45, 2.75) is 34.0 Å². The van der Waals surface area contributed by atoms with Crippen LogP contribution < -0.4 is 14.9 Å². The summed E-state index contributed by atoms with van der Waals surface area (Å²) >= 11 is 9.97. The molecule has 3 aromatic carbocycles. The van der Waals surface area contributed by atoms with Gasteiger partial charge in [-0.25, -0.2) is 5.43 Å². The molecule has 0 aliphatic heterocycles. The maximum Gasteiger partial charge on any atom is 0.307 e. The average molecular weight is 647 g/mol. The van der Waals surface area contributed by atoms with Crippen LogP contribution in [0.3, 0.4) is 0 Å². The highest BCUT2D eigenvalue weighted by Gasteiger charge is 2.12. The third-order valence-electron chi connectivity index (χ3n) is 6.50. The zero-order valence-electron chi connectivity index (χ0n) is 23.4. The van der Waals surface area contributed by atoms with Crippen LogP contribution in [0.5, 0.6) is 11.5 Å². The fraction of sp³-hybridized carbons (Fsp3) is 0.152. The van der Waals surface area contributed by atoms with Gasteiger partial charge in [0.2, 0.25) is 0 Å². The van der Waals surface area contributed by atoms with Crippen LogP contribution in [0, 0.1) is 20.8 Å². The predicted molar refractivity (Wildman–Crippen MR) is 168 cm³/mol. The van der Waals surface area contributed by atoms with Gasteiger partial charge < -0.3 is 18.5 Å². The van der Waals surface area contributed by atoms with E-state index < -0.39 is 5.91 Å². The van der Waals surface area contributed by atoms with Gasteiger partial charge in [0.1, 0.15) is 24.7 Å². The van der Waals surface area contributed by atoms with Crippen LogP contribution in [0.25, 0.3) is 5.69 Å². The molecule has 9 heteroatoms. The number of halogens is 2. The number of aromatic nitrogens is 1. The van der Waals surface area contributed by atoms with E-state index in [1.54, 1.807) is 18.2 Å². The molecule has 7 nitrogen and oxygen atoms in total. The second-order valence-corrected chi connectivity index (χ2v) is 11.1. The fourth-order valence-electron chi connectivity index (χ4n) is 4.47. The summed E-state index contributed by atoms with van der Waals surface area (Å²) in [5, 5.41) is 4.46. The molecule has 2 aromatic heterocycles. The number of carbonyl (C=O) groups is 1. The van der Waals surface area contributed by atoms with E-state index in [2.05, 4.69) is 63.1 Å². The maximum atomic E-state index is 12.5. The van der Waals surface area contributed by atoms with E-state index in [1.165, 1.54) is 17.6 Å². The van der Waals surface area contributed by atoms with Crippen LogP contribution in [0.2, 0.25) is 5.02 Å². The topological polar surface area (TPSA) is 78.0 Å². The molecule has 0 bridgehead atoms. The van der Waals surface area contributed by atoms with Gasteiger partial charge in [-0.3, -0.25) is 4.79 Å². The summed E-state index contributed by atoms with van der Waals surface area (Å²) < 4.78 is 20.3. The van der Waals surface area contributed by atoms with Crippen molar-refractivity contribution >= 4 is 39.7 Å². The van der Waals surface area contributed by atoms with Crippen molar-refractivity contribution in [3.8, 4) is 17.2 Å². The highest BCUT2D eigenvalue weighted by molar-refractivity contribution is 9.10. The Kier molecular flexibility index (Phi) is 9.15. The Morgan fingerprint density at radius 2 is 1.71 bits per heavy atom. The van der Waals surface area contributed by atoms with Crippen molar-refractivity contribution in [2.75, 3.05) is 0 Å². The number of amides is 1. The van der Waals surface area contributed by atoms with E-state index in [-0.39, 0.29) is 12.4 Å². The first-order valence-electron chi connectivity index (χ1n) is 13.2. The smallest absolute Gasteiger partial charge is 0.307 e. The summed E-state index contributed by atoms with van der Waals surface area (Å²) in [5.41, 5.74) is 8.76. The van der Waals surface area contributed by atoms with E-state index in [9.17, 15) is 4.79 Å². The summed E-state index contributed by atoms with van der Waals surface area (Å²) in [5.74, 6) is 1.39. The number of aryl methyl sites for hydroxylation is 3. The largest absolute Gasteiger partial charge is 0.486 e. The summed E-state index contributed by atoms with van der Waals surface area (Å²) in [6, 6.07) is 26.9. The molecule has 0 aliphatic rings. The van der Waals surface area contributed by atoms with E-state index >= 15 is 0 Å². The minimum absolute atomic E-state index is 0.124. The van der Waals surface area contributed by atoms with E-state index in [0.717, 1.165) is 16.8 Å². The Bertz CT molecular complexity index is 1700. The molecule has 0 radical (unpaired) electrons. The second-order valence-electron chi connectivity index (χ2n) is 9.79. The third kappa shape index (κ3) is 7.13. The Morgan fingerprint density at radius 3 is 2.43 bits per heavy atom. The van der Waals surface area contributed by atoms with Gasteiger partial charge in [-0.15, -0.1) is 0 Å². The van der Waals surface area contributed by atoms with Gasteiger partial charge in [0.05, 0.1) is 15.7 Å². The van der Waals surface area contributed by atoms with Gasteiger partial charge in [-0.05, 0) is 108 Å². The standard InChI is InChI=1S/C33H29BrClN3O4/c1-21-5-4-6-24(15-21)19-41-32-29(34)16-25(17-30(32)35)18-36-37-33(39)31-14-13-28(42-31)20-40-27-11-9-26(10-12-27)38-22(2)7-8-23(38)3/h4-18H,19-20H2,1-3H3,(H,37,39)/b36-18+. The van der Waals surface area contributed by atoms with Crippen molar-refractivity contribution in [3.63, 3.8) is 0 Å². The Morgan fingerprint density at radius 1 is 0.952 bits per heavy atom. The van der Waals surface area contributed by atoms with Gasteiger partial charge in [0, 0.05) is 17.1 Å². The average Bonchev–Trinajstić information content (AvgIpc) is 3.58. The highest BCUT2D eigenvalue weighted by Crippen LogP contribution is 2.34. The molecule has 5 aromatic rings. The molecular weight excluding hydrogens is 618 g/mol. The van der Waals surface area contributed by atoms with Crippen molar-refractivity contribution in [1.29, 1.82) is 0 Å². The molecule has 42 heavy (non-hydrogen) atoms. The monoisotopic (exact) mass is 645 g/mol. The van der Waals surface area contributed by atoms with Crippen LogP contribution >= 0.6 is 27.5 Å². The molecule has 0 saturated heterocycles. The number of furan rings is 1. The molecule has 0 fully saturated rings. The van der Waals surface area contributed by atoms with Gasteiger partial charge in [0.25, 0.3) is 0 Å². The lowest BCUT2D eigenvalue weighted by Gasteiger charge is -2.11. The van der Waals surface area contributed by atoms with Crippen molar-refractivity contribution in [1.82, 2.24) is 9.99 Å². The molecule has 2 heterocycles.